The van der Waals surface area contributed by atoms with Crippen LogP contribution in [0.2, 0.25) is 10.0 Å². The van der Waals surface area contributed by atoms with Crippen LogP contribution in [0.3, 0.4) is 0 Å². The summed E-state index contributed by atoms with van der Waals surface area (Å²) in [6.45, 7) is 0.949. The molecule has 0 aromatic heterocycles. The fraction of sp³-hybridized carbons (Fsp3) is 0.333. The largest absolute Gasteiger partial charge is 0.486 e. The van der Waals surface area contributed by atoms with E-state index in [0.29, 0.717) is 52.4 Å². The number of fused-ring (bicyclic) bond motifs is 1. The van der Waals surface area contributed by atoms with Gasteiger partial charge in [0.25, 0.3) is 0 Å². The van der Waals surface area contributed by atoms with Crippen LogP contribution in [0.1, 0.15) is 24.0 Å². The van der Waals surface area contributed by atoms with Crippen LogP contribution < -0.4 is 19.1 Å². The second-order valence-corrected chi connectivity index (χ2v) is 12.6. The van der Waals surface area contributed by atoms with Crippen molar-refractivity contribution in [2.24, 2.45) is 0 Å². The van der Waals surface area contributed by atoms with Crippen molar-refractivity contribution in [3.05, 3.63) is 87.9 Å². The molecule has 0 spiro atoms. The topological polar surface area (TPSA) is 105 Å². The van der Waals surface area contributed by atoms with Gasteiger partial charge in [-0.3, -0.25) is 13.9 Å². The van der Waals surface area contributed by atoms with Gasteiger partial charge in [0, 0.05) is 39.0 Å². The zero-order chi connectivity index (χ0) is 30.3. The van der Waals surface area contributed by atoms with Crippen LogP contribution in [0.5, 0.6) is 11.5 Å². The number of ether oxygens (including phenoxy) is 2. The molecule has 1 aliphatic rings. The van der Waals surface area contributed by atoms with E-state index in [1.807, 2.05) is 30.3 Å². The molecule has 42 heavy (non-hydrogen) atoms. The highest BCUT2D eigenvalue weighted by molar-refractivity contribution is 7.92. The highest BCUT2D eigenvalue weighted by Gasteiger charge is 2.30. The van der Waals surface area contributed by atoms with Gasteiger partial charge in [-0.05, 0) is 41.8 Å². The molecule has 12 heteroatoms. The van der Waals surface area contributed by atoms with E-state index in [1.54, 1.807) is 36.4 Å². The molecule has 0 saturated carbocycles. The Kier molecular flexibility index (Phi) is 10.6. The molecule has 0 bridgehead atoms. The van der Waals surface area contributed by atoms with Crippen molar-refractivity contribution in [3.63, 3.8) is 0 Å². The molecule has 1 aliphatic heterocycles. The number of nitrogens with zero attached hydrogens (tertiary/aromatic N) is 2. The van der Waals surface area contributed by atoms with Gasteiger partial charge in [-0.25, -0.2) is 8.42 Å². The van der Waals surface area contributed by atoms with Gasteiger partial charge in [0.05, 0.1) is 22.0 Å². The molecule has 3 aromatic rings. The van der Waals surface area contributed by atoms with Gasteiger partial charge >= 0.3 is 0 Å². The molecular formula is C30H33Cl2N3O6S. The molecule has 4 rings (SSSR count). The Balaban J connectivity index is 1.56. The lowest BCUT2D eigenvalue weighted by molar-refractivity contribution is -0.141. The number of anilines is 1. The number of hydrogen-bond acceptors (Lipinski definition) is 6. The first kappa shape index (κ1) is 31.5. The summed E-state index contributed by atoms with van der Waals surface area (Å²) in [6, 6.07) is 18.6. The number of rotatable bonds is 12. The number of likely N-dealkylation sites (N-methyl/N-ethyl adjacent to an activating group) is 1. The molecule has 0 aliphatic carbocycles. The zero-order valence-electron chi connectivity index (χ0n) is 23.4. The van der Waals surface area contributed by atoms with E-state index in [9.17, 15) is 18.0 Å². The van der Waals surface area contributed by atoms with E-state index in [-0.39, 0.29) is 37.7 Å². The first-order chi connectivity index (χ1) is 20.1. The van der Waals surface area contributed by atoms with Crippen LogP contribution in [0.15, 0.2) is 66.7 Å². The number of amides is 2. The SMILES string of the molecule is CNC(=O)C(Cc1ccccc1)N(Cc1ccc(Cl)c(Cl)c1)C(=O)CCCN(c1ccc2c(c1)OCCO2)S(C)(=O)=O. The lowest BCUT2D eigenvalue weighted by Gasteiger charge is -2.32. The highest BCUT2D eigenvalue weighted by Crippen LogP contribution is 2.35. The van der Waals surface area contributed by atoms with Gasteiger partial charge in [0.1, 0.15) is 19.3 Å². The molecule has 224 valence electrons. The molecule has 1 atom stereocenters. The first-order valence-corrected chi connectivity index (χ1v) is 16.0. The number of halogens is 2. The maximum Gasteiger partial charge on any atom is 0.242 e. The molecule has 2 amide bonds. The third kappa shape index (κ3) is 8.08. The van der Waals surface area contributed by atoms with Crippen LogP contribution in [0.25, 0.3) is 0 Å². The number of nitrogens with one attached hydrogen (secondary N) is 1. The van der Waals surface area contributed by atoms with Gasteiger partial charge in [-0.2, -0.15) is 0 Å². The number of hydrogen-bond donors (Lipinski definition) is 1. The number of carbonyl (C=O) groups excluding carboxylic acids is 2. The Bertz CT molecular complexity index is 1520. The van der Waals surface area contributed by atoms with E-state index in [4.69, 9.17) is 32.7 Å². The molecular weight excluding hydrogens is 601 g/mol. The Morgan fingerprint density at radius 3 is 2.31 bits per heavy atom. The van der Waals surface area contributed by atoms with E-state index < -0.39 is 16.1 Å². The third-order valence-corrected chi connectivity index (χ3v) is 8.75. The number of benzene rings is 3. The molecule has 1 heterocycles. The summed E-state index contributed by atoms with van der Waals surface area (Å²) in [7, 11) is -2.15. The average molecular weight is 635 g/mol. The van der Waals surface area contributed by atoms with Gasteiger partial charge in [0.15, 0.2) is 11.5 Å². The monoisotopic (exact) mass is 633 g/mol. The third-order valence-electron chi connectivity index (χ3n) is 6.82. The molecule has 0 radical (unpaired) electrons. The maximum absolute atomic E-state index is 13.8. The van der Waals surface area contributed by atoms with Crippen molar-refractivity contribution in [2.75, 3.05) is 37.4 Å². The molecule has 0 saturated heterocycles. The van der Waals surface area contributed by atoms with Crippen molar-refractivity contribution in [3.8, 4) is 11.5 Å². The second-order valence-electron chi connectivity index (χ2n) is 9.86. The minimum Gasteiger partial charge on any atom is -0.486 e. The Hall–Kier alpha value is -3.47. The predicted molar refractivity (Wildman–Crippen MR) is 164 cm³/mol. The summed E-state index contributed by atoms with van der Waals surface area (Å²) in [4.78, 5) is 28.4. The molecule has 1 N–H and O–H groups in total. The molecule has 9 nitrogen and oxygen atoms in total. The van der Waals surface area contributed by atoms with Crippen LogP contribution in [0.4, 0.5) is 5.69 Å². The van der Waals surface area contributed by atoms with Gasteiger partial charge in [-0.1, -0.05) is 59.6 Å². The highest BCUT2D eigenvalue weighted by atomic mass is 35.5. The van der Waals surface area contributed by atoms with E-state index >= 15 is 0 Å². The molecule has 0 fully saturated rings. The molecule has 1 unspecified atom stereocenters. The fourth-order valence-corrected chi connectivity index (χ4v) is 6.02. The van der Waals surface area contributed by atoms with Gasteiger partial charge in [-0.15, -0.1) is 0 Å². The normalized spacial score (nSPS) is 13.2. The summed E-state index contributed by atoms with van der Waals surface area (Å²) in [5, 5.41) is 3.40. The summed E-state index contributed by atoms with van der Waals surface area (Å²) >= 11 is 12.3. The minimum absolute atomic E-state index is 0.000176. The van der Waals surface area contributed by atoms with Crippen molar-refractivity contribution in [2.45, 2.75) is 31.8 Å². The smallest absolute Gasteiger partial charge is 0.242 e. The van der Waals surface area contributed by atoms with Crippen LogP contribution in [0, 0.1) is 0 Å². The Labute approximate surface area is 256 Å². The van der Waals surface area contributed by atoms with Crippen molar-refractivity contribution < 1.29 is 27.5 Å². The lowest BCUT2D eigenvalue weighted by Crippen LogP contribution is -2.49. The predicted octanol–water partition coefficient (Wildman–Crippen LogP) is 4.70. The summed E-state index contributed by atoms with van der Waals surface area (Å²) < 4.78 is 37.9. The zero-order valence-corrected chi connectivity index (χ0v) is 25.7. The first-order valence-electron chi connectivity index (χ1n) is 13.4. The lowest BCUT2D eigenvalue weighted by atomic mass is 10.0. The van der Waals surface area contributed by atoms with Crippen molar-refractivity contribution in [1.82, 2.24) is 10.2 Å². The van der Waals surface area contributed by atoms with Crippen LogP contribution in [-0.4, -0.2) is 64.2 Å². The minimum atomic E-state index is -3.67. The van der Waals surface area contributed by atoms with Crippen molar-refractivity contribution >= 4 is 50.7 Å². The Morgan fingerprint density at radius 1 is 0.929 bits per heavy atom. The van der Waals surface area contributed by atoms with E-state index in [1.165, 1.54) is 16.3 Å². The molecule has 3 aromatic carbocycles. The quantitative estimate of drug-likeness (QED) is 0.310. The standard InChI is InChI=1S/C30H33Cl2N3O6S/c1-33-30(37)26(18-21-7-4-3-5-8-21)34(20-22-10-12-24(31)25(32)17-22)29(36)9-6-14-35(42(2,38)39)23-11-13-27-28(19-23)41-16-15-40-27/h3-5,7-8,10-13,17,19,26H,6,9,14-16,18,20H2,1-2H3,(H,33,37). The maximum atomic E-state index is 13.8. The van der Waals surface area contributed by atoms with E-state index in [0.717, 1.165) is 11.8 Å². The summed E-state index contributed by atoms with van der Waals surface area (Å²) in [5.41, 5.74) is 2.00. The second kappa shape index (κ2) is 14.1. The Morgan fingerprint density at radius 2 is 1.64 bits per heavy atom. The average Bonchev–Trinajstić information content (AvgIpc) is 2.98. The van der Waals surface area contributed by atoms with E-state index in [2.05, 4.69) is 5.32 Å². The van der Waals surface area contributed by atoms with Gasteiger partial charge < -0.3 is 19.7 Å². The van der Waals surface area contributed by atoms with Crippen LogP contribution in [-0.2, 0) is 32.6 Å². The van der Waals surface area contributed by atoms with Gasteiger partial charge in [0.2, 0.25) is 21.8 Å². The van der Waals surface area contributed by atoms with Crippen LogP contribution >= 0.6 is 23.2 Å². The fourth-order valence-electron chi connectivity index (χ4n) is 4.75. The number of sulfonamides is 1. The number of carbonyl (C=O) groups is 2. The summed E-state index contributed by atoms with van der Waals surface area (Å²) in [6.07, 6.45) is 1.62. The summed E-state index contributed by atoms with van der Waals surface area (Å²) in [5.74, 6) is 0.387. The van der Waals surface area contributed by atoms with Crippen molar-refractivity contribution in [1.29, 1.82) is 0 Å².